The number of aromatic nitrogens is 3. The Hall–Kier alpha value is -1.34. The molecule has 98 valence electrons. The van der Waals surface area contributed by atoms with Gasteiger partial charge in [-0.15, -0.1) is 11.3 Å². The van der Waals surface area contributed by atoms with Crippen LogP contribution < -0.4 is 11.3 Å². The summed E-state index contributed by atoms with van der Waals surface area (Å²) in [4.78, 5) is 8.83. The van der Waals surface area contributed by atoms with Gasteiger partial charge < -0.3 is 0 Å². The maximum Gasteiger partial charge on any atom is 0.197 e. The SMILES string of the molecule is Cc1nc2c(Cl)cc(Cl)cn2c1-c1csc(NN)n1. The third-order valence-corrected chi connectivity index (χ3v) is 3.94. The molecule has 3 rings (SSSR count). The fourth-order valence-corrected chi connectivity index (χ4v) is 3.06. The molecule has 0 aromatic carbocycles. The van der Waals surface area contributed by atoms with E-state index < -0.39 is 0 Å². The maximum atomic E-state index is 6.15. The van der Waals surface area contributed by atoms with Gasteiger partial charge in [-0.3, -0.25) is 9.83 Å². The molecule has 0 saturated heterocycles. The molecule has 0 bridgehead atoms. The molecule has 3 heterocycles. The molecule has 3 N–H and O–H groups in total. The van der Waals surface area contributed by atoms with Crippen molar-refractivity contribution in [2.45, 2.75) is 6.92 Å². The predicted molar refractivity (Wildman–Crippen MR) is 78.9 cm³/mol. The van der Waals surface area contributed by atoms with E-state index >= 15 is 0 Å². The van der Waals surface area contributed by atoms with Crippen molar-refractivity contribution in [3.63, 3.8) is 0 Å². The molecule has 5 nitrogen and oxygen atoms in total. The molecule has 0 aliphatic heterocycles. The Balaban J connectivity index is 2.31. The highest BCUT2D eigenvalue weighted by Gasteiger charge is 2.16. The van der Waals surface area contributed by atoms with E-state index in [2.05, 4.69) is 15.4 Å². The molecule has 3 aromatic heterocycles. The molecular formula is C11H9Cl2N5S. The number of anilines is 1. The fourth-order valence-electron chi connectivity index (χ4n) is 1.94. The normalized spacial score (nSPS) is 11.2. The number of hydrogen-bond donors (Lipinski definition) is 2. The number of imidazole rings is 1. The molecular weight excluding hydrogens is 305 g/mol. The van der Waals surface area contributed by atoms with Crippen LogP contribution in [0, 0.1) is 6.92 Å². The zero-order valence-corrected chi connectivity index (χ0v) is 12.1. The summed E-state index contributed by atoms with van der Waals surface area (Å²) in [7, 11) is 0. The van der Waals surface area contributed by atoms with Crippen LogP contribution in [0.1, 0.15) is 5.69 Å². The van der Waals surface area contributed by atoms with Gasteiger partial charge in [-0.1, -0.05) is 23.2 Å². The van der Waals surface area contributed by atoms with Gasteiger partial charge in [0.2, 0.25) is 0 Å². The highest BCUT2D eigenvalue weighted by molar-refractivity contribution is 7.14. The average Bonchev–Trinajstić information content (AvgIpc) is 2.93. The van der Waals surface area contributed by atoms with Gasteiger partial charge in [0.15, 0.2) is 10.8 Å². The maximum absolute atomic E-state index is 6.15. The molecule has 19 heavy (non-hydrogen) atoms. The summed E-state index contributed by atoms with van der Waals surface area (Å²) >= 11 is 13.6. The first kappa shape index (κ1) is 12.7. The van der Waals surface area contributed by atoms with E-state index in [9.17, 15) is 0 Å². The molecule has 0 spiro atoms. The number of nitrogens with two attached hydrogens (primary N) is 1. The van der Waals surface area contributed by atoms with Gasteiger partial charge in [0.25, 0.3) is 0 Å². The molecule has 0 amide bonds. The lowest BCUT2D eigenvalue weighted by Gasteiger charge is -2.01. The van der Waals surface area contributed by atoms with Crippen molar-refractivity contribution in [2.75, 3.05) is 5.43 Å². The van der Waals surface area contributed by atoms with Crippen LogP contribution in [0.2, 0.25) is 10.0 Å². The Morgan fingerprint density at radius 1 is 1.37 bits per heavy atom. The van der Waals surface area contributed by atoms with Crippen LogP contribution in [0.15, 0.2) is 17.6 Å². The summed E-state index contributed by atoms with van der Waals surface area (Å²) in [6.45, 7) is 1.90. The van der Waals surface area contributed by atoms with Gasteiger partial charge in [0.1, 0.15) is 5.69 Å². The molecule has 0 saturated carbocycles. The van der Waals surface area contributed by atoms with Gasteiger partial charge in [-0.2, -0.15) is 0 Å². The molecule has 0 unspecified atom stereocenters. The van der Waals surface area contributed by atoms with Crippen molar-refractivity contribution < 1.29 is 0 Å². The lowest BCUT2D eigenvalue weighted by Crippen LogP contribution is -2.05. The highest BCUT2D eigenvalue weighted by atomic mass is 35.5. The summed E-state index contributed by atoms with van der Waals surface area (Å²) in [5.74, 6) is 5.35. The first-order valence-corrected chi connectivity index (χ1v) is 7.00. The second-order valence-electron chi connectivity index (χ2n) is 3.93. The standard InChI is InChI=1S/C11H9Cl2N5S/c1-5-9(8-4-19-11(16-8)17-14)18-3-6(12)2-7(13)10(18)15-5/h2-4H,14H2,1H3,(H,16,17). The van der Waals surface area contributed by atoms with Crippen molar-refractivity contribution in [3.8, 4) is 11.4 Å². The Labute approximate surface area is 123 Å². The number of thiazole rings is 1. The third kappa shape index (κ3) is 2.06. The smallest absolute Gasteiger partial charge is 0.197 e. The largest absolute Gasteiger partial charge is 0.300 e. The second kappa shape index (κ2) is 4.64. The van der Waals surface area contributed by atoms with Crippen molar-refractivity contribution in [1.82, 2.24) is 14.4 Å². The number of hydrazine groups is 1. The van der Waals surface area contributed by atoms with Crippen LogP contribution in [0.4, 0.5) is 5.13 Å². The molecule has 0 aliphatic carbocycles. The quantitative estimate of drug-likeness (QED) is 0.562. The van der Waals surface area contributed by atoms with Gasteiger partial charge >= 0.3 is 0 Å². The van der Waals surface area contributed by atoms with E-state index in [0.29, 0.717) is 20.8 Å². The number of halogens is 2. The lowest BCUT2D eigenvalue weighted by atomic mass is 10.3. The highest BCUT2D eigenvalue weighted by Crippen LogP contribution is 2.31. The average molecular weight is 314 g/mol. The van der Waals surface area contributed by atoms with Crippen molar-refractivity contribution >= 4 is 45.3 Å². The van der Waals surface area contributed by atoms with Crippen LogP contribution in [0.5, 0.6) is 0 Å². The zero-order chi connectivity index (χ0) is 13.6. The second-order valence-corrected chi connectivity index (χ2v) is 5.63. The Bertz CT molecular complexity index is 764. The van der Waals surface area contributed by atoms with Crippen LogP contribution in [0.3, 0.4) is 0 Å². The van der Waals surface area contributed by atoms with E-state index in [0.717, 1.165) is 17.1 Å². The number of nitrogens with one attached hydrogen (secondary N) is 1. The summed E-state index contributed by atoms with van der Waals surface area (Å²) in [5, 5.41) is 3.59. The summed E-state index contributed by atoms with van der Waals surface area (Å²) in [5.41, 5.74) is 5.66. The molecule has 0 atom stereocenters. The molecule has 8 heteroatoms. The first-order valence-electron chi connectivity index (χ1n) is 5.36. The van der Waals surface area contributed by atoms with Crippen LogP contribution >= 0.6 is 34.5 Å². The van der Waals surface area contributed by atoms with Gasteiger partial charge in [0.05, 0.1) is 21.4 Å². The lowest BCUT2D eigenvalue weighted by molar-refractivity contribution is 1.17. The molecule has 0 aliphatic rings. The molecule has 0 radical (unpaired) electrons. The summed E-state index contributed by atoms with van der Waals surface area (Å²) < 4.78 is 1.84. The minimum atomic E-state index is 0.509. The van der Waals surface area contributed by atoms with Gasteiger partial charge in [-0.05, 0) is 13.0 Å². The number of nitrogen functional groups attached to an aromatic ring is 1. The monoisotopic (exact) mass is 313 g/mol. The van der Waals surface area contributed by atoms with E-state index in [1.54, 1.807) is 12.3 Å². The van der Waals surface area contributed by atoms with Crippen LogP contribution in [-0.2, 0) is 0 Å². The minimum Gasteiger partial charge on any atom is -0.300 e. The summed E-state index contributed by atoms with van der Waals surface area (Å²) in [6.07, 6.45) is 1.77. The van der Waals surface area contributed by atoms with Crippen LogP contribution in [0.25, 0.3) is 17.0 Å². The van der Waals surface area contributed by atoms with E-state index in [4.69, 9.17) is 29.0 Å². The van der Waals surface area contributed by atoms with E-state index in [1.807, 2.05) is 16.7 Å². The topological polar surface area (TPSA) is 68.2 Å². The molecule has 0 fully saturated rings. The minimum absolute atomic E-state index is 0.509. The fraction of sp³-hybridized carbons (Fsp3) is 0.0909. The third-order valence-electron chi connectivity index (χ3n) is 2.69. The first-order chi connectivity index (χ1) is 9.10. The van der Waals surface area contributed by atoms with E-state index in [-0.39, 0.29) is 0 Å². The summed E-state index contributed by atoms with van der Waals surface area (Å²) in [6, 6.07) is 1.67. The Morgan fingerprint density at radius 3 is 2.84 bits per heavy atom. The van der Waals surface area contributed by atoms with Gasteiger partial charge in [0, 0.05) is 11.6 Å². The molecule has 3 aromatic rings. The number of pyridine rings is 1. The Kier molecular flexibility index (Phi) is 3.10. The number of fused-ring (bicyclic) bond motifs is 1. The number of hydrogen-bond acceptors (Lipinski definition) is 5. The number of rotatable bonds is 2. The van der Waals surface area contributed by atoms with Crippen molar-refractivity contribution in [2.24, 2.45) is 5.84 Å². The van der Waals surface area contributed by atoms with Crippen LogP contribution in [-0.4, -0.2) is 14.4 Å². The zero-order valence-electron chi connectivity index (χ0n) is 9.82. The Morgan fingerprint density at radius 2 is 2.16 bits per heavy atom. The van der Waals surface area contributed by atoms with E-state index in [1.165, 1.54) is 11.3 Å². The van der Waals surface area contributed by atoms with Crippen molar-refractivity contribution in [1.29, 1.82) is 0 Å². The van der Waals surface area contributed by atoms with Crippen molar-refractivity contribution in [3.05, 3.63) is 33.4 Å². The van der Waals surface area contributed by atoms with Gasteiger partial charge in [-0.25, -0.2) is 15.8 Å². The number of aryl methyl sites for hydroxylation is 1. The predicted octanol–water partition coefficient (Wildman–Crippen LogP) is 3.36. The number of nitrogens with zero attached hydrogens (tertiary/aromatic N) is 3.